The number of hydrogen-bond acceptors (Lipinski definition) is 2. The fraction of sp³-hybridized carbons (Fsp3) is 1.00. The van der Waals surface area contributed by atoms with Gasteiger partial charge >= 0.3 is 0 Å². The summed E-state index contributed by atoms with van der Waals surface area (Å²) in [6, 6.07) is 0. The van der Waals surface area contributed by atoms with Crippen LogP contribution in [0.1, 0.15) is 51.4 Å². The molecule has 88 valence electrons. The van der Waals surface area contributed by atoms with Gasteiger partial charge in [-0.1, -0.05) is 25.7 Å². The molecule has 3 unspecified atom stereocenters. The van der Waals surface area contributed by atoms with Crippen molar-refractivity contribution in [3.05, 3.63) is 0 Å². The summed E-state index contributed by atoms with van der Waals surface area (Å²) in [5.41, 5.74) is 5.81. The van der Waals surface area contributed by atoms with Crippen molar-refractivity contribution in [1.82, 2.24) is 0 Å². The van der Waals surface area contributed by atoms with Gasteiger partial charge < -0.3 is 5.73 Å². The van der Waals surface area contributed by atoms with E-state index in [4.69, 9.17) is 18.4 Å². The van der Waals surface area contributed by atoms with Gasteiger partial charge in [0.15, 0.2) is 0 Å². The lowest BCUT2D eigenvalue weighted by molar-refractivity contribution is 0.168. The van der Waals surface area contributed by atoms with Crippen molar-refractivity contribution in [3.8, 4) is 0 Å². The van der Waals surface area contributed by atoms with Crippen molar-refractivity contribution in [1.29, 1.82) is 0 Å². The number of rotatable bonds is 2. The minimum Gasteiger partial charge on any atom is -0.330 e. The van der Waals surface area contributed by atoms with E-state index in [9.17, 15) is 0 Å². The van der Waals surface area contributed by atoms with Crippen molar-refractivity contribution in [2.24, 2.45) is 23.5 Å². The number of thiol groups is 1. The smallest absolute Gasteiger partial charge is 0.00477 e. The maximum absolute atomic E-state index is 5.81. The Bertz CT molecular complexity index is 195. The summed E-state index contributed by atoms with van der Waals surface area (Å²) in [6.45, 7) is 0.903. The highest BCUT2D eigenvalue weighted by atomic mass is 32.1. The summed E-state index contributed by atoms with van der Waals surface area (Å²) in [7, 11) is 0. The summed E-state index contributed by atoms with van der Waals surface area (Å²) < 4.78 is 0. The molecule has 0 aromatic heterocycles. The number of hydrogen-bond donors (Lipinski definition) is 2. The normalized spacial score (nSPS) is 42.8. The molecule has 0 amide bonds. The van der Waals surface area contributed by atoms with E-state index < -0.39 is 0 Å². The second-order valence-electron chi connectivity index (χ2n) is 5.54. The highest BCUT2D eigenvalue weighted by Crippen LogP contribution is 2.41. The molecule has 2 saturated carbocycles. The highest BCUT2D eigenvalue weighted by molar-refractivity contribution is 7.81. The fourth-order valence-electron chi connectivity index (χ4n) is 3.63. The highest BCUT2D eigenvalue weighted by Gasteiger charge is 2.32. The molecular weight excluding hydrogens is 202 g/mol. The Morgan fingerprint density at radius 1 is 1.00 bits per heavy atom. The molecular formula is C13H25NS. The first-order valence-corrected chi connectivity index (χ1v) is 7.21. The first-order valence-electron chi connectivity index (χ1n) is 6.69. The molecule has 2 fully saturated rings. The third kappa shape index (κ3) is 2.91. The second kappa shape index (κ2) is 5.58. The third-order valence-corrected chi connectivity index (χ3v) is 5.18. The summed E-state index contributed by atoms with van der Waals surface area (Å²) in [5.74, 6) is 2.65. The predicted octanol–water partition coefficient (Wildman–Crippen LogP) is 3.24. The Kier molecular flexibility index (Phi) is 4.39. The monoisotopic (exact) mass is 227 g/mol. The Balaban J connectivity index is 1.90. The lowest BCUT2D eigenvalue weighted by Gasteiger charge is -2.39. The van der Waals surface area contributed by atoms with Gasteiger partial charge in [0.05, 0.1) is 0 Å². The largest absolute Gasteiger partial charge is 0.330 e. The molecule has 0 spiro atoms. The maximum Gasteiger partial charge on any atom is 0.00477 e. The van der Waals surface area contributed by atoms with Gasteiger partial charge in [0, 0.05) is 5.25 Å². The van der Waals surface area contributed by atoms with E-state index in [0.29, 0.717) is 5.25 Å². The summed E-state index contributed by atoms with van der Waals surface area (Å²) >= 11 is 4.79. The topological polar surface area (TPSA) is 26.0 Å². The summed E-state index contributed by atoms with van der Waals surface area (Å²) in [5, 5.41) is 0.681. The Hall–Kier alpha value is 0.310. The Labute approximate surface area is 99.6 Å². The third-order valence-electron chi connectivity index (χ3n) is 4.54. The first kappa shape index (κ1) is 11.8. The molecule has 2 N–H and O–H groups in total. The van der Waals surface area contributed by atoms with E-state index in [1.807, 2.05) is 0 Å². The van der Waals surface area contributed by atoms with Crippen molar-refractivity contribution < 1.29 is 0 Å². The molecule has 4 atom stereocenters. The van der Waals surface area contributed by atoms with Crippen molar-refractivity contribution in [2.45, 2.75) is 56.6 Å². The van der Waals surface area contributed by atoms with Crippen LogP contribution in [0, 0.1) is 17.8 Å². The van der Waals surface area contributed by atoms with E-state index >= 15 is 0 Å². The van der Waals surface area contributed by atoms with Crippen LogP contribution in [0.2, 0.25) is 0 Å². The van der Waals surface area contributed by atoms with Crippen LogP contribution in [0.15, 0.2) is 0 Å². The van der Waals surface area contributed by atoms with Crippen LogP contribution >= 0.6 is 12.6 Å². The second-order valence-corrected chi connectivity index (χ2v) is 6.21. The minimum atomic E-state index is 0.681. The van der Waals surface area contributed by atoms with Gasteiger partial charge in [-0.3, -0.25) is 0 Å². The van der Waals surface area contributed by atoms with Crippen LogP contribution in [-0.2, 0) is 0 Å². The molecule has 2 rings (SSSR count). The van der Waals surface area contributed by atoms with E-state index in [1.165, 1.54) is 51.4 Å². The molecule has 2 aliphatic rings. The Morgan fingerprint density at radius 3 is 2.53 bits per heavy atom. The lowest BCUT2D eigenvalue weighted by atomic mass is 9.70. The van der Waals surface area contributed by atoms with E-state index in [0.717, 1.165) is 24.3 Å². The van der Waals surface area contributed by atoms with Crippen LogP contribution in [-0.4, -0.2) is 11.8 Å². The molecule has 0 aromatic rings. The predicted molar refractivity (Wildman–Crippen MR) is 69.2 cm³/mol. The zero-order chi connectivity index (χ0) is 10.7. The molecule has 15 heavy (non-hydrogen) atoms. The molecule has 0 aromatic carbocycles. The average Bonchev–Trinajstić information content (AvgIpc) is 2.30. The molecule has 1 nitrogen and oxygen atoms in total. The van der Waals surface area contributed by atoms with Crippen LogP contribution < -0.4 is 5.73 Å². The SMILES string of the molecule is NC[C@@H]1CCCC(C2CCCCC2S)C1. The Morgan fingerprint density at radius 2 is 1.80 bits per heavy atom. The molecule has 0 bridgehead atoms. The zero-order valence-electron chi connectivity index (χ0n) is 9.70. The number of nitrogens with two attached hydrogens (primary N) is 1. The van der Waals surface area contributed by atoms with Gasteiger partial charge in [-0.2, -0.15) is 12.6 Å². The van der Waals surface area contributed by atoms with Crippen molar-refractivity contribution >= 4 is 12.6 Å². The molecule has 2 heteroatoms. The van der Waals surface area contributed by atoms with Gasteiger partial charge in [0.2, 0.25) is 0 Å². The minimum absolute atomic E-state index is 0.681. The van der Waals surface area contributed by atoms with Crippen LogP contribution in [0.4, 0.5) is 0 Å². The first-order chi connectivity index (χ1) is 7.31. The van der Waals surface area contributed by atoms with Crippen LogP contribution in [0.25, 0.3) is 0 Å². The van der Waals surface area contributed by atoms with Gasteiger partial charge in [-0.15, -0.1) is 0 Å². The van der Waals surface area contributed by atoms with Crippen LogP contribution in [0.3, 0.4) is 0 Å². The molecule has 0 heterocycles. The van der Waals surface area contributed by atoms with Gasteiger partial charge in [-0.25, -0.2) is 0 Å². The van der Waals surface area contributed by atoms with Crippen molar-refractivity contribution in [3.63, 3.8) is 0 Å². The molecule has 0 radical (unpaired) electrons. The maximum atomic E-state index is 5.81. The summed E-state index contributed by atoms with van der Waals surface area (Å²) in [6.07, 6.45) is 11.2. The zero-order valence-corrected chi connectivity index (χ0v) is 10.6. The molecule has 0 saturated heterocycles. The van der Waals surface area contributed by atoms with E-state index in [1.54, 1.807) is 0 Å². The van der Waals surface area contributed by atoms with Gasteiger partial charge in [-0.05, 0) is 50.0 Å². The lowest BCUT2D eigenvalue weighted by Crippen LogP contribution is -2.33. The average molecular weight is 227 g/mol. The van der Waals surface area contributed by atoms with Crippen LogP contribution in [0.5, 0.6) is 0 Å². The van der Waals surface area contributed by atoms with Gasteiger partial charge in [0.25, 0.3) is 0 Å². The summed E-state index contributed by atoms with van der Waals surface area (Å²) in [4.78, 5) is 0. The van der Waals surface area contributed by atoms with E-state index in [-0.39, 0.29) is 0 Å². The van der Waals surface area contributed by atoms with E-state index in [2.05, 4.69) is 0 Å². The quantitative estimate of drug-likeness (QED) is 0.696. The van der Waals surface area contributed by atoms with Crippen molar-refractivity contribution in [2.75, 3.05) is 6.54 Å². The molecule has 2 aliphatic carbocycles. The standard InChI is InChI=1S/C13H25NS/c14-9-10-4-3-5-11(8-10)12-6-1-2-7-13(12)15/h10-13,15H,1-9,14H2/t10-,11?,12?,13?/m1/s1. The van der Waals surface area contributed by atoms with Gasteiger partial charge in [0.1, 0.15) is 0 Å². The fourth-order valence-corrected chi connectivity index (χ4v) is 4.20. The molecule has 0 aliphatic heterocycles.